The molecule has 1 atom stereocenters. The minimum Gasteiger partial charge on any atom is -0.353 e. The van der Waals surface area contributed by atoms with Crippen molar-refractivity contribution in [3.8, 4) is 0 Å². The molecule has 2 heterocycles. The zero-order valence-corrected chi connectivity index (χ0v) is 9.31. The lowest BCUT2D eigenvalue weighted by Crippen LogP contribution is -2.34. The molecule has 2 aliphatic rings. The van der Waals surface area contributed by atoms with Crippen LogP contribution in [0.2, 0.25) is 0 Å². The maximum Gasteiger partial charge on any atom is 0.229 e. The highest BCUT2D eigenvalue weighted by Crippen LogP contribution is 2.15. The molecule has 0 N–H and O–H groups in total. The van der Waals surface area contributed by atoms with E-state index in [1.54, 1.807) is 0 Å². The maximum atomic E-state index is 11.3. The largest absolute Gasteiger partial charge is 0.353 e. The van der Waals surface area contributed by atoms with Gasteiger partial charge in [-0.15, -0.1) is 0 Å². The Morgan fingerprint density at radius 2 is 2.00 bits per heavy atom. The van der Waals surface area contributed by atoms with Crippen LogP contribution in [-0.4, -0.2) is 42.8 Å². The average Bonchev–Trinajstić information content (AvgIpc) is 2.62. The minimum absolute atomic E-state index is 0.0850. The summed E-state index contributed by atoms with van der Waals surface area (Å²) in [4.78, 5) is 23.9. The lowest BCUT2D eigenvalue weighted by atomic mass is 10.2. The van der Waals surface area contributed by atoms with Crippen LogP contribution in [0.1, 0.15) is 32.1 Å². The van der Waals surface area contributed by atoms with E-state index in [2.05, 4.69) is 0 Å². The van der Waals surface area contributed by atoms with Gasteiger partial charge < -0.3 is 9.47 Å². The van der Waals surface area contributed by atoms with E-state index in [4.69, 9.17) is 9.47 Å². The monoisotopic (exact) mass is 227 g/mol. The van der Waals surface area contributed by atoms with Gasteiger partial charge in [-0.3, -0.25) is 14.5 Å². The third-order valence-electron chi connectivity index (χ3n) is 2.91. The molecule has 0 aliphatic carbocycles. The van der Waals surface area contributed by atoms with Crippen molar-refractivity contribution in [1.82, 2.24) is 4.90 Å². The molecule has 2 fully saturated rings. The van der Waals surface area contributed by atoms with Crippen molar-refractivity contribution in [3.63, 3.8) is 0 Å². The van der Waals surface area contributed by atoms with Crippen molar-refractivity contribution in [2.75, 3.05) is 19.8 Å². The van der Waals surface area contributed by atoms with E-state index in [1.165, 1.54) is 4.90 Å². The Hall–Kier alpha value is -0.940. The van der Waals surface area contributed by atoms with Gasteiger partial charge in [0, 0.05) is 19.4 Å². The van der Waals surface area contributed by atoms with Crippen molar-refractivity contribution in [2.24, 2.45) is 0 Å². The number of rotatable bonds is 4. The van der Waals surface area contributed by atoms with E-state index >= 15 is 0 Å². The molecule has 0 aromatic heterocycles. The second-order valence-corrected chi connectivity index (χ2v) is 4.11. The predicted octanol–water partition coefficient (Wildman–Crippen LogP) is 0.679. The number of carbonyl (C=O) groups excluding carboxylic acids is 2. The summed E-state index contributed by atoms with van der Waals surface area (Å²) >= 11 is 0. The summed E-state index contributed by atoms with van der Waals surface area (Å²) in [7, 11) is 0. The Bertz CT molecular complexity index is 257. The molecule has 2 aliphatic heterocycles. The zero-order chi connectivity index (χ0) is 11.4. The number of nitrogens with zero attached hydrogens (tertiary/aromatic N) is 1. The van der Waals surface area contributed by atoms with Gasteiger partial charge in [-0.1, -0.05) is 0 Å². The number of amides is 2. The van der Waals surface area contributed by atoms with Crippen molar-refractivity contribution in [3.05, 3.63) is 0 Å². The summed E-state index contributed by atoms with van der Waals surface area (Å²) in [5.74, 6) is -0.170. The molecule has 0 aromatic rings. The highest BCUT2D eigenvalue weighted by Gasteiger charge is 2.28. The first-order chi connectivity index (χ1) is 7.77. The number of carbonyl (C=O) groups is 2. The maximum absolute atomic E-state index is 11.3. The van der Waals surface area contributed by atoms with Crippen LogP contribution >= 0.6 is 0 Å². The molecule has 2 rings (SSSR count). The molecule has 2 amide bonds. The van der Waals surface area contributed by atoms with Gasteiger partial charge in [-0.25, -0.2) is 0 Å². The summed E-state index contributed by atoms with van der Waals surface area (Å²) < 4.78 is 10.9. The first kappa shape index (κ1) is 11.5. The van der Waals surface area contributed by atoms with Gasteiger partial charge in [-0.05, 0) is 19.3 Å². The van der Waals surface area contributed by atoms with Gasteiger partial charge in [0.25, 0.3) is 0 Å². The molecule has 1 unspecified atom stereocenters. The van der Waals surface area contributed by atoms with Gasteiger partial charge in [0.05, 0.1) is 13.2 Å². The van der Waals surface area contributed by atoms with E-state index < -0.39 is 0 Å². The van der Waals surface area contributed by atoms with Crippen LogP contribution < -0.4 is 0 Å². The summed E-state index contributed by atoms with van der Waals surface area (Å²) in [6.07, 6.45) is 3.65. The molecular weight excluding hydrogens is 210 g/mol. The number of hydrogen-bond acceptors (Lipinski definition) is 4. The van der Waals surface area contributed by atoms with Gasteiger partial charge in [0.15, 0.2) is 6.29 Å². The second kappa shape index (κ2) is 5.41. The first-order valence-electron chi connectivity index (χ1n) is 5.84. The molecule has 5 heteroatoms. The summed E-state index contributed by atoms with van der Waals surface area (Å²) in [6, 6.07) is 0. The van der Waals surface area contributed by atoms with Crippen molar-refractivity contribution >= 4 is 11.8 Å². The smallest absolute Gasteiger partial charge is 0.229 e. The highest BCUT2D eigenvalue weighted by atomic mass is 16.7. The highest BCUT2D eigenvalue weighted by molar-refractivity contribution is 6.01. The fraction of sp³-hybridized carbons (Fsp3) is 0.818. The van der Waals surface area contributed by atoms with Crippen LogP contribution in [-0.2, 0) is 19.1 Å². The fourth-order valence-electron chi connectivity index (χ4n) is 1.99. The quantitative estimate of drug-likeness (QED) is 0.663. The number of imide groups is 1. The van der Waals surface area contributed by atoms with E-state index in [0.29, 0.717) is 26.0 Å². The first-order valence-corrected chi connectivity index (χ1v) is 5.84. The van der Waals surface area contributed by atoms with E-state index in [0.717, 1.165) is 25.9 Å². The summed E-state index contributed by atoms with van der Waals surface area (Å²) in [5.41, 5.74) is 0. The van der Waals surface area contributed by atoms with Crippen LogP contribution in [0.15, 0.2) is 0 Å². The molecular formula is C11H17NO4. The molecule has 0 saturated carbocycles. The minimum atomic E-state index is -0.151. The van der Waals surface area contributed by atoms with Gasteiger partial charge in [0.1, 0.15) is 0 Å². The zero-order valence-electron chi connectivity index (χ0n) is 9.31. The summed E-state index contributed by atoms with van der Waals surface area (Å²) in [5, 5.41) is 0. The van der Waals surface area contributed by atoms with Crippen LogP contribution in [0.4, 0.5) is 0 Å². The Balaban J connectivity index is 1.67. The van der Waals surface area contributed by atoms with Gasteiger partial charge in [0.2, 0.25) is 11.8 Å². The second-order valence-electron chi connectivity index (χ2n) is 4.11. The Kier molecular flexibility index (Phi) is 3.90. The molecule has 0 aromatic carbocycles. The predicted molar refractivity (Wildman–Crippen MR) is 55.5 cm³/mol. The number of hydrogen-bond donors (Lipinski definition) is 0. The molecule has 90 valence electrons. The molecule has 5 nitrogen and oxygen atoms in total. The molecule has 2 saturated heterocycles. The average molecular weight is 227 g/mol. The van der Waals surface area contributed by atoms with Crippen molar-refractivity contribution in [2.45, 2.75) is 38.4 Å². The third-order valence-corrected chi connectivity index (χ3v) is 2.91. The normalized spacial score (nSPS) is 26.5. The van der Waals surface area contributed by atoms with Gasteiger partial charge in [-0.2, -0.15) is 0 Å². The lowest BCUT2D eigenvalue weighted by molar-refractivity contribution is -0.167. The SMILES string of the molecule is O=C1CCC(=O)N1CCOC1CCCCO1. The van der Waals surface area contributed by atoms with Crippen LogP contribution in [0.5, 0.6) is 0 Å². The van der Waals surface area contributed by atoms with Crippen LogP contribution in [0.25, 0.3) is 0 Å². The van der Waals surface area contributed by atoms with E-state index in [-0.39, 0.29) is 18.1 Å². The Morgan fingerprint density at radius 3 is 2.62 bits per heavy atom. The Morgan fingerprint density at radius 1 is 1.25 bits per heavy atom. The third kappa shape index (κ3) is 2.80. The molecule has 16 heavy (non-hydrogen) atoms. The van der Waals surface area contributed by atoms with Crippen LogP contribution in [0.3, 0.4) is 0 Å². The standard InChI is InChI=1S/C11H17NO4/c13-9-4-5-10(14)12(9)6-8-16-11-3-1-2-7-15-11/h11H,1-8H2. The molecule has 0 spiro atoms. The number of ether oxygens (including phenoxy) is 2. The number of likely N-dealkylation sites (tertiary alicyclic amines) is 1. The molecule has 0 radical (unpaired) electrons. The van der Waals surface area contributed by atoms with Crippen molar-refractivity contribution < 1.29 is 19.1 Å². The van der Waals surface area contributed by atoms with E-state index in [9.17, 15) is 9.59 Å². The lowest BCUT2D eigenvalue weighted by Gasteiger charge is -2.23. The van der Waals surface area contributed by atoms with E-state index in [1.807, 2.05) is 0 Å². The van der Waals surface area contributed by atoms with Crippen LogP contribution in [0, 0.1) is 0 Å². The topological polar surface area (TPSA) is 55.8 Å². The fourth-order valence-corrected chi connectivity index (χ4v) is 1.99. The van der Waals surface area contributed by atoms with Gasteiger partial charge >= 0.3 is 0 Å². The van der Waals surface area contributed by atoms with Crippen molar-refractivity contribution in [1.29, 1.82) is 0 Å². The summed E-state index contributed by atoms with van der Waals surface area (Å²) in [6.45, 7) is 1.48. The Labute approximate surface area is 94.7 Å². The molecule has 0 bridgehead atoms.